The van der Waals surface area contributed by atoms with Gasteiger partial charge in [0.15, 0.2) is 5.96 Å². The van der Waals surface area contributed by atoms with E-state index >= 15 is 0 Å². The zero-order valence-corrected chi connectivity index (χ0v) is 16.4. The maximum absolute atomic E-state index is 11.5. The number of nitrogens with one attached hydrogen (secondary N) is 3. The minimum absolute atomic E-state index is 0.0312. The van der Waals surface area contributed by atoms with Crippen molar-refractivity contribution in [3.05, 3.63) is 0 Å². The van der Waals surface area contributed by atoms with Crippen LogP contribution in [0.15, 0.2) is 4.99 Å². The van der Waals surface area contributed by atoms with Crippen LogP contribution in [0.25, 0.3) is 0 Å². The second kappa shape index (κ2) is 10.4. The van der Waals surface area contributed by atoms with E-state index in [1.54, 1.807) is 20.8 Å². The van der Waals surface area contributed by atoms with E-state index in [1.165, 1.54) is 6.26 Å². The average Bonchev–Trinajstić information content (AvgIpc) is 2.38. The van der Waals surface area contributed by atoms with Gasteiger partial charge in [0.05, 0.1) is 12.3 Å². The molecule has 0 aromatic rings. The number of hydrogen-bond acceptors (Lipinski definition) is 5. The van der Waals surface area contributed by atoms with Crippen LogP contribution < -0.4 is 16.0 Å². The van der Waals surface area contributed by atoms with Gasteiger partial charge in [-0.1, -0.05) is 0 Å². The topological polar surface area (TPSA) is 109 Å². The fourth-order valence-electron chi connectivity index (χ4n) is 1.66. The average molecular weight is 365 g/mol. The number of carbonyl (C=O) groups excluding carboxylic acids is 1. The summed E-state index contributed by atoms with van der Waals surface area (Å²) in [5.41, 5.74) is -0.529. The Morgan fingerprint density at radius 3 is 2.38 bits per heavy atom. The van der Waals surface area contributed by atoms with Crippen molar-refractivity contribution in [2.24, 2.45) is 4.99 Å². The summed E-state index contributed by atoms with van der Waals surface area (Å²) in [6.07, 6.45) is 1.25. The summed E-state index contributed by atoms with van der Waals surface area (Å²) >= 11 is 0. The summed E-state index contributed by atoms with van der Waals surface area (Å²) in [5.74, 6) is 0.713. The summed E-state index contributed by atoms with van der Waals surface area (Å²) in [7, 11) is -2.97. The molecule has 1 unspecified atom stereocenters. The van der Waals surface area contributed by atoms with Crippen molar-refractivity contribution in [3.63, 3.8) is 0 Å². The molecule has 1 atom stereocenters. The zero-order valence-electron chi connectivity index (χ0n) is 15.6. The van der Waals surface area contributed by atoms with E-state index in [-0.39, 0.29) is 11.8 Å². The van der Waals surface area contributed by atoms with Gasteiger partial charge in [0.1, 0.15) is 15.4 Å². The highest BCUT2D eigenvalue weighted by Crippen LogP contribution is 2.06. The molecule has 0 aromatic heterocycles. The van der Waals surface area contributed by atoms with Crippen LogP contribution in [0.1, 0.15) is 41.0 Å². The van der Waals surface area contributed by atoms with Crippen LogP contribution in [-0.4, -0.2) is 63.8 Å². The number of guanidine groups is 1. The summed E-state index contributed by atoms with van der Waals surface area (Å²) in [5, 5.41) is 8.86. The number of alkyl carbamates (subject to hydrolysis) is 1. The molecule has 0 fully saturated rings. The third-order valence-electron chi connectivity index (χ3n) is 2.70. The fourth-order valence-corrected chi connectivity index (χ4v) is 2.44. The monoisotopic (exact) mass is 364 g/mol. The van der Waals surface area contributed by atoms with E-state index < -0.39 is 21.5 Å². The Bertz CT molecular complexity index is 512. The van der Waals surface area contributed by atoms with Gasteiger partial charge in [-0.15, -0.1) is 0 Å². The number of aliphatic imine (C=N–C) groups is 1. The largest absolute Gasteiger partial charge is 0.444 e. The van der Waals surface area contributed by atoms with Gasteiger partial charge in [0.2, 0.25) is 0 Å². The van der Waals surface area contributed by atoms with Gasteiger partial charge in [0.25, 0.3) is 0 Å². The Labute approximate surface area is 145 Å². The van der Waals surface area contributed by atoms with Gasteiger partial charge in [-0.3, -0.25) is 4.99 Å². The molecule has 0 spiro atoms. The van der Waals surface area contributed by atoms with Crippen molar-refractivity contribution < 1.29 is 17.9 Å². The number of carbonyl (C=O) groups is 1. The molecule has 0 aliphatic rings. The molecule has 24 heavy (non-hydrogen) atoms. The van der Waals surface area contributed by atoms with Crippen LogP contribution in [-0.2, 0) is 14.6 Å². The Morgan fingerprint density at radius 2 is 1.88 bits per heavy atom. The normalized spacial score (nSPS) is 14.0. The first kappa shape index (κ1) is 22.5. The lowest BCUT2D eigenvalue weighted by atomic mass is 10.2. The first-order valence-corrected chi connectivity index (χ1v) is 10.2. The number of sulfone groups is 1. The Morgan fingerprint density at radius 1 is 1.25 bits per heavy atom. The molecule has 0 radical (unpaired) electrons. The first-order valence-electron chi connectivity index (χ1n) is 8.12. The number of rotatable bonds is 8. The summed E-state index contributed by atoms with van der Waals surface area (Å²) in [4.78, 5) is 15.9. The summed E-state index contributed by atoms with van der Waals surface area (Å²) in [6.45, 7) is 10.7. The van der Waals surface area contributed by atoms with Crippen LogP contribution in [0.4, 0.5) is 4.79 Å². The molecule has 0 aliphatic heterocycles. The predicted molar refractivity (Wildman–Crippen MR) is 97.1 cm³/mol. The minimum Gasteiger partial charge on any atom is -0.444 e. The molecule has 1 amide bonds. The maximum atomic E-state index is 11.5. The van der Waals surface area contributed by atoms with E-state index in [9.17, 15) is 13.2 Å². The Kier molecular flexibility index (Phi) is 9.72. The molecule has 0 aromatic carbocycles. The molecule has 8 nitrogen and oxygen atoms in total. The second-order valence-electron chi connectivity index (χ2n) is 6.65. The molecule has 142 valence electrons. The lowest BCUT2D eigenvalue weighted by molar-refractivity contribution is 0.0529. The van der Waals surface area contributed by atoms with Crippen LogP contribution in [0.5, 0.6) is 0 Å². The SMILES string of the molecule is CCNC(=NCCNC(=O)OC(C)(C)C)NC(C)CCS(C)(=O)=O. The van der Waals surface area contributed by atoms with Crippen molar-refractivity contribution in [3.8, 4) is 0 Å². The van der Waals surface area contributed by atoms with Crippen molar-refractivity contribution >= 4 is 21.9 Å². The molecule has 0 saturated heterocycles. The quantitative estimate of drug-likeness (QED) is 0.335. The highest BCUT2D eigenvalue weighted by atomic mass is 32.2. The Balaban J connectivity index is 4.30. The molecular formula is C15H32N4O4S. The van der Waals surface area contributed by atoms with Crippen molar-refractivity contribution in [1.29, 1.82) is 0 Å². The van der Waals surface area contributed by atoms with Gasteiger partial charge >= 0.3 is 6.09 Å². The van der Waals surface area contributed by atoms with Crippen LogP contribution in [0.2, 0.25) is 0 Å². The second-order valence-corrected chi connectivity index (χ2v) is 8.91. The number of amides is 1. The smallest absolute Gasteiger partial charge is 0.407 e. The van der Waals surface area contributed by atoms with E-state index in [1.807, 2.05) is 13.8 Å². The third-order valence-corrected chi connectivity index (χ3v) is 3.68. The van der Waals surface area contributed by atoms with Gasteiger partial charge in [-0.25, -0.2) is 13.2 Å². The fraction of sp³-hybridized carbons (Fsp3) is 0.867. The summed E-state index contributed by atoms with van der Waals surface area (Å²) in [6, 6.07) is -0.0312. The predicted octanol–water partition coefficient (Wildman–Crippen LogP) is 0.889. The van der Waals surface area contributed by atoms with Gasteiger partial charge in [0, 0.05) is 25.4 Å². The van der Waals surface area contributed by atoms with Gasteiger partial charge < -0.3 is 20.7 Å². The van der Waals surface area contributed by atoms with E-state index in [2.05, 4.69) is 20.9 Å². The van der Waals surface area contributed by atoms with Crippen LogP contribution >= 0.6 is 0 Å². The highest BCUT2D eigenvalue weighted by molar-refractivity contribution is 7.90. The van der Waals surface area contributed by atoms with Crippen molar-refractivity contribution in [1.82, 2.24) is 16.0 Å². The molecule has 0 rings (SSSR count). The molecule has 0 aliphatic carbocycles. The third kappa shape index (κ3) is 14.1. The van der Waals surface area contributed by atoms with Crippen LogP contribution in [0.3, 0.4) is 0 Å². The molecule has 0 bridgehead atoms. The Hall–Kier alpha value is -1.51. The van der Waals surface area contributed by atoms with Gasteiger partial charge in [-0.05, 0) is 41.0 Å². The van der Waals surface area contributed by atoms with Crippen LogP contribution in [0, 0.1) is 0 Å². The number of nitrogens with zero attached hydrogens (tertiary/aromatic N) is 1. The van der Waals surface area contributed by atoms with E-state index in [4.69, 9.17) is 4.74 Å². The zero-order chi connectivity index (χ0) is 18.8. The first-order chi connectivity index (χ1) is 10.9. The number of hydrogen-bond donors (Lipinski definition) is 3. The minimum atomic E-state index is -2.97. The molecule has 3 N–H and O–H groups in total. The molecule has 0 heterocycles. The van der Waals surface area contributed by atoms with Gasteiger partial charge in [-0.2, -0.15) is 0 Å². The lowest BCUT2D eigenvalue weighted by Crippen LogP contribution is -2.43. The highest BCUT2D eigenvalue weighted by Gasteiger charge is 2.15. The van der Waals surface area contributed by atoms with Crippen molar-refractivity contribution in [2.75, 3.05) is 31.6 Å². The molecule has 9 heteroatoms. The van der Waals surface area contributed by atoms with E-state index in [0.29, 0.717) is 32.0 Å². The maximum Gasteiger partial charge on any atom is 0.407 e. The molecular weight excluding hydrogens is 332 g/mol. The van der Waals surface area contributed by atoms with E-state index in [0.717, 1.165) is 0 Å². The molecule has 0 saturated carbocycles. The lowest BCUT2D eigenvalue weighted by Gasteiger charge is -2.19. The standard InChI is InChI=1S/C15H32N4O4S/c1-7-16-13(19-12(2)8-11-24(6,21)22)17-9-10-18-14(20)23-15(3,4)5/h12H,7-11H2,1-6H3,(H,18,20)(H2,16,17,19). The number of ether oxygens (including phenoxy) is 1. The van der Waals surface area contributed by atoms with Crippen molar-refractivity contribution in [2.45, 2.75) is 52.7 Å². The summed E-state index contributed by atoms with van der Waals surface area (Å²) < 4.78 is 27.5.